The summed E-state index contributed by atoms with van der Waals surface area (Å²) in [6, 6.07) is 11.0. The maximum absolute atomic E-state index is 13.4. The maximum atomic E-state index is 13.4. The Morgan fingerprint density at radius 2 is 1.76 bits per heavy atom. The Morgan fingerprint density at radius 1 is 1.08 bits per heavy atom. The number of nitrogens with one attached hydrogen (secondary N) is 1. The maximum Gasteiger partial charge on any atom is 0.242 e. The summed E-state index contributed by atoms with van der Waals surface area (Å²) in [4.78, 5) is 27.7. The van der Waals surface area contributed by atoms with Crippen LogP contribution in [0.4, 0.5) is 5.69 Å². The average Bonchev–Trinajstić information content (AvgIpc) is 2.83. The number of anilines is 1. The van der Waals surface area contributed by atoms with Crippen molar-refractivity contribution in [2.45, 2.75) is 46.2 Å². The van der Waals surface area contributed by atoms with E-state index >= 15 is 0 Å². The van der Waals surface area contributed by atoms with Gasteiger partial charge in [0.25, 0.3) is 0 Å². The number of carbonyl (C=O) groups excluding carboxylic acids is 2. The van der Waals surface area contributed by atoms with Gasteiger partial charge in [-0.15, -0.1) is 0 Å². The molecule has 2 amide bonds. The molecule has 8 nitrogen and oxygen atoms in total. The summed E-state index contributed by atoms with van der Waals surface area (Å²) in [6.45, 7) is 6.28. The van der Waals surface area contributed by atoms with Crippen molar-refractivity contribution in [1.82, 2.24) is 10.2 Å². The molecule has 11 heteroatoms. The molecular weight excluding hydrogens is 537 g/mol. The standard InChI is InChI=1S/C26H35Cl2N3O5S/c1-18(2)16-29-26(33)19(3)30(17-20-12-13-21(27)15-22(20)28)25(32)11-8-14-31(37(5,34)35)23-9-6-7-10-24(23)36-4/h6-7,9-10,12-13,15,18-19H,8,11,14,16-17H2,1-5H3,(H,29,33)/t19-/m0/s1. The fraction of sp³-hybridized carbons (Fsp3) is 0.462. The molecule has 0 aliphatic carbocycles. The van der Waals surface area contributed by atoms with Gasteiger partial charge in [-0.3, -0.25) is 13.9 Å². The van der Waals surface area contributed by atoms with Gasteiger partial charge < -0.3 is 15.0 Å². The SMILES string of the molecule is COc1ccccc1N(CCCC(=O)N(Cc1ccc(Cl)cc1Cl)[C@@H](C)C(=O)NCC(C)C)S(C)(=O)=O. The van der Waals surface area contributed by atoms with Crippen LogP contribution in [-0.4, -0.2) is 57.6 Å². The molecule has 0 saturated carbocycles. The minimum atomic E-state index is -3.64. The molecule has 0 fully saturated rings. The number of carbonyl (C=O) groups is 2. The van der Waals surface area contributed by atoms with E-state index in [-0.39, 0.29) is 43.7 Å². The third-order valence-corrected chi connectivity index (χ3v) is 7.48. The normalized spacial score (nSPS) is 12.2. The minimum absolute atomic E-state index is 0.0220. The second-order valence-corrected chi connectivity index (χ2v) is 11.9. The van der Waals surface area contributed by atoms with Crippen LogP contribution >= 0.6 is 23.2 Å². The zero-order chi connectivity index (χ0) is 27.8. The van der Waals surface area contributed by atoms with Crippen LogP contribution in [0.5, 0.6) is 5.75 Å². The summed E-state index contributed by atoms with van der Waals surface area (Å²) in [5.41, 5.74) is 1.04. The Bertz CT molecular complexity index is 1190. The molecule has 37 heavy (non-hydrogen) atoms. The third-order valence-electron chi connectivity index (χ3n) is 5.71. The van der Waals surface area contributed by atoms with E-state index in [0.29, 0.717) is 33.6 Å². The number of ether oxygens (including phenoxy) is 1. The topological polar surface area (TPSA) is 96.0 Å². The van der Waals surface area contributed by atoms with Crippen molar-refractivity contribution in [2.75, 3.05) is 30.8 Å². The molecule has 1 atom stereocenters. The highest BCUT2D eigenvalue weighted by Gasteiger charge is 2.27. The molecule has 0 spiro atoms. The molecule has 0 bridgehead atoms. The van der Waals surface area contributed by atoms with Gasteiger partial charge in [0.05, 0.1) is 19.1 Å². The molecule has 0 unspecified atom stereocenters. The van der Waals surface area contributed by atoms with Crippen molar-refractivity contribution in [3.8, 4) is 5.75 Å². The molecule has 1 N–H and O–H groups in total. The highest BCUT2D eigenvalue weighted by atomic mass is 35.5. The number of halogens is 2. The number of hydrogen-bond acceptors (Lipinski definition) is 5. The summed E-state index contributed by atoms with van der Waals surface area (Å²) in [5, 5.41) is 3.72. The Hall–Kier alpha value is -2.49. The van der Waals surface area contributed by atoms with Crippen LogP contribution in [0.25, 0.3) is 0 Å². The smallest absolute Gasteiger partial charge is 0.242 e. The number of benzene rings is 2. The van der Waals surface area contributed by atoms with Crippen LogP contribution in [0, 0.1) is 5.92 Å². The van der Waals surface area contributed by atoms with Gasteiger partial charge in [0.2, 0.25) is 21.8 Å². The Labute approximate surface area is 229 Å². The van der Waals surface area contributed by atoms with Crippen molar-refractivity contribution in [2.24, 2.45) is 5.92 Å². The fourth-order valence-electron chi connectivity index (χ4n) is 3.69. The number of para-hydroxylation sites is 2. The Morgan fingerprint density at radius 3 is 2.35 bits per heavy atom. The highest BCUT2D eigenvalue weighted by Crippen LogP contribution is 2.30. The molecule has 0 aliphatic heterocycles. The first-order valence-corrected chi connectivity index (χ1v) is 14.6. The lowest BCUT2D eigenvalue weighted by Crippen LogP contribution is -2.48. The van der Waals surface area contributed by atoms with Crippen molar-refractivity contribution in [1.29, 1.82) is 0 Å². The fourth-order valence-corrected chi connectivity index (χ4v) is 5.12. The molecule has 0 aliphatic rings. The third kappa shape index (κ3) is 9.09. The summed E-state index contributed by atoms with van der Waals surface area (Å²) in [5.74, 6) is 0.0854. The first-order chi connectivity index (χ1) is 17.3. The van der Waals surface area contributed by atoms with E-state index in [1.807, 2.05) is 13.8 Å². The van der Waals surface area contributed by atoms with E-state index in [0.717, 1.165) is 6.26 Å². The molecule has 0 saturated heterocycles. The number of methoxy groups -OCH3 is 1. The predicted molar refractivity (Wildman–Crippen MR) is 149 cm³/mol. The van der Waals surface area contributed by atoms with Crippen molar-refractivity contribution in [3.63, 3.8) is 0 Å². The van der Waals surface area contributed by atoms with E-state index in [4.69, 9.17) is 27.9 Å². The van der Waals surface area contributed by atoms with Gasteiger partial charge in [0.15, 0.2) is 0 Å². The van der Waals surface area contributed by atoms with Crippen LogP contribution in [0.15, 0.2) is 42.5 Å². The molecule has 2 aromatic carbocycles. The Kier molecular flexibility index (Phi) is 11.5. The monoisotopic (exact) mass is 571 g/mol. The zero-order valence-electron chi connectivity index (χ0n) is 21.8. The van der Waals surface area contributed by atoms with Crippen LogP contribution in [0.3, 0.4) is 0 Å². The predicted octanol–water partition coefficient (Wildman–Crippen LogP) is 4.74. The van der Waals surface area contributed by atoms with Crippen LogP contribution in [-0.2, 0) is 26.2 Å². The number of amides is 2. The van der Waals surface area contributed by atoms with Gasteiger partial charge in [0.1, 0.15) is 11.8 Å². The van der Waals surface area contributed by atoms with Crippen molar-refractivity contribution >= 4 is 50.7 Å². The lowest BCUT2D eigenvalue weighted by atomic mass is 10.1. The van der Waals surface area contributed by atoms with Crippen LogP contribution in [0.2, 0.25) is 10.0 Å². The second-order valence-electron chi connectivity index (χ2n) is 9.18. The number of rotatable bonds is 13. The summed E-state index contributed by atoms with van der Waals surface area (Å²) in [7, 11) is -2.17. The first kappa shape index (κ1) is 30.7. The molecule has 204 valence electrons. The van der Waals surface area contributed by atoms with Crippen LogP contribution in [0.1, 0.15) is 39.2 Å². The molecule has 0 radical (unpaired) electrons. The van der Waals surface area contributed by atoms with E-state index in [1.165, 1.54) is 16.3 Å². The highest BCUT2D eigenvalue weighted by molar-refractivity contribution is 7.92. The van der Waals surface area contributed by atoms with E-state index in [2.05, 4.69) is 5.32 Å². The van der Waals surface area contributed by atoms with Gasteiger partial charge in [-0.25, -0.2) is 8.42 Å². The number of hydrogen-bond donors (Lipinski definition) is 1. The molecule has 0 heterocycles. The molecule has 2 rings (SSSR count). The van der Waals surface area contributed by atoms with Crippen molar-refractivity contribution in [3.05, 3.63) is 58.1 Å². The quantitative estimate of drug-likeness (QED) is 0.374. The number of nitrogens with zero attached hydrogens (tertiary/aromatic N) is 2. The van der Waals surface area contributed by atoms with Crippen LogP contribution < -0.4 is 14.4 Å². The van der Waals surface area contributed by atoms with Gasteiger partial charge in [-0.1, -0.05) is 55.2 Å². The minimum Gasteiger partial charge on any atom is -0.495 e. The summed E-state index contributed by atoms with van der Waals surface area (Å²) < 4.78 is 31.6. The molecule has 2 aromatic rings. The largest absolute Gasteiger partial charge is 0.495 e. The molecular formula is C26H35Cl2N3O5S. The lowest BCUT2D eigenvalue weighted by Gasteiger charge is -2.30. The van der Waals surface area contributed by atoms with Gasteiger partial charge in [0, 0.05) is 36.1 Å². The molecule has 0 aromatic heterocycles. The second kappa shape index (κ2) is 13.9. The first-order valence-electron chi connectivity index (χ1n) is 12.0. The van der Waals surface area contributed by atoms with E-state index in [9.17, 15) is 18.0 Å². The summed E-state index contributed by atoms with van der Waals surface area (Å²) >= 11 is 12.4. The van der Waals surface area contributed by atoms with Gasteiger partial charge in [-0.2, -0.15) is 0 Å². The van der Waals surface area contributed by atoms with Gasteiger partial charge in [-0.05, 0) is 49.1 Å². The Balaban J connectivity index is 2.22. The van der Waals surface area contributed by atoms with Gasteiger partial charge >= 0.3 is 0 Å². The number of sulfonamides is 1. The van der Waals surface area contributed by atoms with Crippen molar-refractivity contribution < 1.29 is 22.7 Å². The average molecular weight is 573 g/mol. The van der Waals surface area contributed by atoms with E-state index in [1.54, 1.807) is 49.4 Å². The summed E-state index contributed by atoms with van der Waals surface area (Å²) in [6.07, 6.45) is 1.36. The van der Waals surface area contributed by atoms with E-state index < -0.39 is 16.1 Å². The zero-order valence-corrected chi connectivity index (χ0v) is 24.2. The lowest BCUT2D eigenvalue weighted by molar-refractivity contribution is -0.140.